The van der Waals surface area contributed by atoms with Crippen LogP contribution in [-0.4, -0.2) is 40.3 Å². The van der Waals surface area contributed by atoms with Crippen molar-refractivity contribution in [2.45, 2.75) is 19.0 Å². The standard InChI is InChI=1S/C15H17N3O2/c1-17(14-7-8-20-15(14)19)10-12-9-16-18(11-12)13-5-3-2-4-6-13/h2-6,9,11,14H,7-8,10H2,1H3/t14-/m1/s1. The molecule has 0 unspecified atom stereocenters. The van der Waals surface area contributed by atoms with Crippen molar-refractivity contribution in [1.29, 1.82) is 0 Å². The van der Waals surface area contributed by atoms with Crippen molar-refractivity contribution < 1.29 is 9.53 Å². The van der Waals surface area contributed by atoms with Gasteiger partial charge in [-0.15, -0.1) is 0 Å². The van der Waals surface area contributed by atoms with Crippen LogP contribution in [0.4, 0.5) is 0 Å². The van der Waals surface area contributed by atoms with E-state index in [4.69, 9.17) is 4.74 Å². The number of para-hydroxylation sites is 1. The van der Waals surface area contributed by atoms with Crippen molar-refractivity contribution in [1.82, 2.24) is 14.7 Å². The summed E-state index contributed by atoms with van der Waals surface area (Å²) in [6.45, 7) is 1.21. The molecule has 0 amide bonds. The van der Waals surface area contributed by atoms with E-state index in [0.717, 1.165) is 17.7 Å². The molecule has 0 spiro atoms. The van der Waals surface area contributed by atoms with Crippen molar-refractivity contribution >= 4 is 5.97 Å². The summed E-state index contributed by atoms with van der Waals surface area (Å²) in [6, 6.07) is 9.83. The number of hydrogen-bond acceptors (Lipinski definition) is 4. The fourth-order valence-corrected chi connectivity index (χ4v) is 2.45. The van der Waals surface area contributed by atoms with Gasteiger partial charge in [0.25, 0.3) is 0 Å². The SMILES string of the molecule is CN(Cc1cnn(-c2ccccc2)c1)[C@@H]1CCOC1=O. The predicted octanol–water partition coefficient (Wildman–Crippen LogP) is 1.62. The minimum absolute atomic E-state index is 0.122. The minimum atomic E-state index is -0.130. The Kier molecular flexibility index (Phi) is 3.52. The monoisotopic (exact) mass is 271 g/mol. The lowest BCUT2D eigenvalue weighted by Crippen LogP contribution is -2.34. The Morgan fingerprint density at radius 1 is 1.40 bits per heavy atom. The lowest BCUT2D eigenvalue weighted by Gasteiger charge is -2.19. The number of aromatic nitrogens is 2. The van der Waals surface area contributed by atoms with E-state index in [2.05, 4.69) is 5.10 Å². The normalized spacial score (nSPS) is 18.5. The number of benzene rings is 1. The second-order valence-corrected chi connectivity index (χ2v) is 5.02. The number of ether oxygens (including phenoxy) is 1. The quantitative estimate of drug-likeness (QED) is 0.793. The highest BCUT2D eigenvalue weighted by Crippen LogP contribution is 2.16. The van der Waals surface area contributed by atoms with Crippen LogP contribution in [0.2, 0.25) is 0 Å². The number of hydrogen-bond donors (Lipinski definition) is 0. The maximum absolute atomic E-state index is 11.5. The summed E-state index contributed by atoms with van der Waals surface area (Å²) in [4.78, 5) is 13.6. The Balaban J connectivity index is 1.70. The fraction of sp³-hybridized carbons (Fsp3) is 0.333. The van der Waals surface area contributed by atoms with E-state index in [0.29, 0.717) is 13.2 Å². The molecule has 1 fully saturated rings. The predicted molar refractivity (Wildman–Crippen MR) is 74.4 cm³/mol. The molecule has 5 heteroatoms. The number of carbonyl (C=O) groups excluding carboxylic acids is 1. The van der Waals surface area contributed by atoms with Gasteiger partial charge in [-0.2, -0.15) is 5.10 Å². The van der Waals surface area contributed by atoms with E-state index >= 15 is 0 Å². The molecule has 1 atom stereocenters. The largest absolute Gasteiger partial charge is 0.464 e. The van der Waals surface area contributed by atoms with Crippen molar-refractivity contribution in [3.05, 3.63) is 48.3 Å². The first-order valence-corrected chi connectivity index (χ1v) is 6.70. The van der Waals surface area contributed by atoms with Gasteiger partial charge in [-0.25, -0.2) is 4.68 Å². The van der Waals surface area contributed by atoms with Crippen molar-refractivity contribution in [2.24, 2.45) is 0 Å². The van der Waals surface area contributed by atoms with E-state index in [-0.39, 0.29) is 12.0 Å². The molecule has 104 valence electrons. The number of cyclic esters (lactones) is 1. The Morgan fingerprint density at radius 2 is 2.20 bits per heavy atom. The zero-order valence-corrected chi connectivity index (χ0v) is 11.4. The van der Waals surface area contributed by atoms with Gasteiger partial charge in [0, 0.05) is 24.7 Å². The second-order valence-electron chi connectivity index (χ2n) is 5.02. The van der Waals surface area contributed by atoms with Gasteiger partial charge in [0.2, 0.25) is 0 Å². The van der Waals surface area contributed by atoms with Crippen LogP contribution in [0.1, 0.15) is 12.0 Å². The first-order chi connectivity index (χ1) is 9.74. The average Bonchev–Trinajstić information content (AvgIpc) is 3.09. The van der Waals surface area contributed by atoms with Crippen LogP contribution in [-0.2, 0) is 16.1 Å². The summed E-state index contributed by atoms with van der Waals surface area (Å²) in [6.07, 6.45) is 4.60. The number of likely N-dealkylation sites (N-methyl/N-ethyl adjacent to an activating group) is 1. The summed E-state index contributed by atoms with van der Waals surface area (Å²) >= 11 is 0. The van der Waals surface area contributed by atoms with E-state index in [9.17, 15) is 4.79 Å². The van der Waals surface area contributed by atoms with E-state index < -0.39 is 0 Å². The lowest BCUT2D eigenvalue weighted by atomic mass is 10.2. The smallest absolute Gasteiger partial charge is 0.323 e. The molecule has 0 bridgehead atoms. The molecule has 2 heterocycles. The van der Waals surface area contributed by atoms with Gasteiger partial charge < -0.3 is 4.74 Å². The molecular formula is C15H17N3O2. The first-order valence-electron chi connectivity index (χ1n) is 6.70. The third-order valence-electron chi connectivity index (χ3n) is 3.53. The van der Waals surface area contributed by atoms with E-state index in [1.807, 2.05) is 59.4 Å². The second kappa shape index (κ2) is 5.46. The molecule has 1 aliphatic heterocycles. The molecule has 0 radical (unpaired) electrons. The van der Waals surface area contributed by atoms with Gasteiger partial charge in [0.1, 0.15) is 6.04 Å². The van der Waals surface area contributed by atoms with Crippen LogP contribution >= 0.6 is 0 Å². The number of esters is 1. The first kappa shape index (κ1) is 12.9. The number of nitrogens with zero attached hydrogens (tertiary/aromatic N) is 3. The highest BCUT2D eigenvalue weighted by Gasteiger charge is 2.30. The maximum Gasteiger partial charge on any atom is 0.323 e. The van der Waals surface area contributed by atoms with Gasteiger partial charge in [-0.1, -0.05) is 18.2 Å². The van der Waals surface area contributed by atoms with Gasteiger partial charge in [0.05, 0.1) is 18.5 Å². The topological polar surface area (TPSA) is 47.4 Å². The lowest BCUT2D eigenvalue weighted by molar-refractivity contribution is -0.142. The average molecular weight is 271 g/mol. The molecule has 0 saturated carbocycles. The fourth-order valence-electron chi connectivity index (χ4n) is 2.45. The summed E-state index contributed by atoms with van der Waals surface area (Å²) in [5.74, 6) is -0.122. The molecule has 3 rings (SSSR count). The third-order valence-corrected chi connectivity index (χ3v) is 3.53. The molecule has 1 aromatic heterocycles. The molecule has 2 aromatic rings. The Bertz CT molecular complexity index is 594. The Morgan fingerprint density at radius 3 is 2.90 bits per heavy atom. The van der Waals surface area contributed by atoms with Crippen molar-refractivity contribution in [2.75, 3.05) is 13.7 Å². The molecule has 1 aromatic carbocycles. The number of rotatable bonds is 4. The third kappa shape index (κ3) is 2.58. The van der Waals surface area contributed by atoms with Crippen LogP contribution in [0, 0.1) is 0 Å². The Labute approximate surface area is 117 Å². The highest BCUT2D eigenvalue weighted by molar-refractivity contribution is 5.77. The molecule has 1 aliphatic rings. The minimum Gasteiger partial charge on any atom is -0.464 e. The van der Waals surface area contributed by atoms with Crippen molar-refractivity contribution in [3.63, 3.8) is 0 Å². The molecular weight excluding hydrogens is 254 g/mol. The van der Waals surface area contributed by atoms with Crippen LogP contribution < -0.4 is 0 Å². The molecule has 0 N–H and O–H groups in total. The van der Waals surface area contributed by atoms with Crippen LogP contribution in [0.3, 0.4) is 0 Å². The number of carbonyl (C=O) groups is 1. The Hall–Kier alpha value is -2.14. The van der Waals surface area contributed by atoms with E-state index in [1.165, 1.54) is 0 Å². The zero-order valence-electron chi connectivity index (χ0n) is 11.4. The van der Waals surface area contributed by atoms with Crippen LogP contribution in [0.5, 0.6) is 0 Å². The molecule has 5 nitrogen and oxygen atoms in total. The zero-order chi connectivity index (χ0) is 13.9. The van der Waals surface area contributed by atoms with Gasteiger partial charge in [0.15, 0.2) is 0 Å². The van der Waals surface area contributed by atoms with Gasteiger partial charge in [-0.05, 0) is 19.2 Å². The molecule has 20 heavy (non-hydrogen) atoms. The van der Waals surface area contributed by atoms with Crippen molar-refractivity contribution in [3.8, 4) is 5.69 Å². The van der Waals surface area contributed by atoms with Gasteiger partial charge in [-0.3, -0.25) is 9.69 Å². The summed E-state index contributed by atoms with van der Waals surface area (Å²) in [5, 5.41) is 4.36. The highest BCUT2D eigenvalue weighted by atomic mass is 16.5. The van der Waals surface area contributed by atoms with Crippen LogP contribution in [0.15, 0.2) is 42.7 Å². The summed E-state index contributed by atoms with van der Waals surface area (Å²) in [7, 11) is 1.94. The van der Waals surface area contributed by atoms with Crippen LogP contribution in [0.25, 0.3) is 5.69 Å². The molecule has 0 aliphatic carbocycles. The summed E-state index contributed by atoms with van der Waals surface area (Å²) in [5.41, 5.74) is 2.11. The summed E-state index contributed by atoms with van der Waals surface area (Å²) < 4.78 is 6.84. The van der Waals surface area contributed by atoms with Gasteiger partial charge >= 0.3 is 5.97 Å². The maximum atomic E-state index is 11.5. The van der Waals surface area contributed by atoms with E-state index in [1.54, 1.807) is 0 Å². The molecule has 1 saturated heterocycles.